The van der Waals surface area contributed by atoms with Gasteiger partial charge >= 0.3 is 5.97 Å². The van der Waals surface area contributed by atoms with Crippen LogP contribution in [0.2, 0.25) is 0 Å². The van der Waals surface area contributed by atoms with Crippen LogP contribution in [0.15, 0.2) is 34.8 Å². The van der Waals surface area contributed by atoms with Gasteiger partial charge in [0.1, 0.15) is 11.7 Å². The molecule has 23 heavy (non-hydrogen) atoms. The number of carbonyl (C=O) groups excluding carboxylic acids is 1. The maximum absolute atomic E-state index is 12.4. The highest BCUT2D eigenvalue weighted by Crippen LogP contribution is 2.30. The number of carbonyl (C=O) groups is 1. The molecule has 1 unspecified atom stereocenters. The van der Waals surface area contributed by atoms with Crippen molar-refractivity contribution in [1.29, 1.82) is 0 Å². The van der Waals surface area contributed by atoms with Gasteiger partial charge in [-0.3, -0.25) is 15.1 Å². The summed E-state index contributed by atoms with van der Waals surface area (Å²) in [6.45, 7) is 6.99. The Kier molecular flexibility index (Phi) is 4.78. The molecule has 1 aromatic rings. The molecule has 0 saturated heterocycles. The Balaban J connectivity index is 2.64. The Morgan fingerprint density at radius 3 is 2.65 bits per heavy atom. The first-order valence-electron chi connectivity index (χ1n) is 7.31. The standard InChI is InChI=1S/C16H19N3O4/c1-9(2)23-16(20)14-10(3)17-11(4)18-15(14)12-7-5-6-8-13(12)19(21)22/h5-9,11,18H,1-4H3. The highest BCUT2D eigenvalue weighted by molar-refractivity contribution is 6.24. The van der Waals surface area contributed by atoms with Gasteiger partial charge < -0.3 is 10.1 Å². The number of hydrogen-bond acceptors (Lipinski definition) is 6. The summed E-state index contributed by atoms with van der Waals surface area (Å²) < 4.78 is 5.26. The number of esters is 1. The zero-order valence-corrected chi connectivity index (χ0v) is 13.5. The van der Waals surface area contributed by atoms with Crippen LogP contribution in [0.25, 0.3) is 5.70 Å². The number of nitrogens with one attached hydrogen (secondary N) is 1. The van der Waals surface area contributed by atoms with E-state index < -0.39 is 10.9 Å². The summed E-state index contributed by atoms with van der Waals surface area (Å²) in [5.41, 5.74) is 1.37. The van der Waals surface area contributed by atoms with Crippen LogP contribution in [0.1, 0.15) is 33.3 Å². The molecule has 0 saturated carbocycles. The summed E-state index contributed by atoms with van der Waals surface area (Å²) in [4.78, 5) is 27.6. The summed E-state index contributed by atoms with van der Waals surface area (Å²) in [7, 11) is 0. The largest absolute Gasteiger partial charge is 0.459 e. The fourth-order valence-electron chi connectivity index (χ4n) is 2.43. The number of benzene rings is 1. The molecule has 0 radical (unpaired) electrons. The van der Waals surface area contributed by atoms with E-state index in [0.717, 1.165) is 0 Å². The molecule has 122 valence electrons. The highest BCUT2D eigenvalue weighted by atomic mass is 16.6. The van der Waals surface area contributed by atoms with Crippen LogP contribution in [0.3, 0.4) is 0 Å². The fourth-order valence-corrected chi connectivity index (χ4v) is 2.43. The van der Waals surface area contributed by atoms with Gasteiger partial charge in [0.15, 0.2) is 0 Å². The molecule has 1 aliphatic rings. The summed E-state index contributed by atoms with van der Waals surface area (Å²) in [6, 6.07) is 6.28. The molecular formula is C16H19N3O4. The van der Waals surface area contributed by atoms with E-state index in [1.165, 1.54) is 6.07 Å². The second-order valence-corrected chi connectivity index (χ2v) is 5.51. The van der Waals surface area contributed by atoms with Gasteiger partial charge in [0.05, 0.1) is 28.0 Å². The highest BCUT2D eigenvalue weighted by Gasteiger charge is 2.30. The Morgan fingerprint density at radius 2 is 2.04 bits per heavy atom. The van der Waals surface area contributed by atoms with E-state index in [4.69, 9.17) is 4.74 Å². The Bertz CT molecular complexity index is 707. The number of nitro benzene ring substituents is 1. The first-order chi connectivity index (χ1) is 10.8. The number of para-hydroxylation sites is 1. The lowest BCUT2D eigenvalue weighted by atomic mass is 9.99. The van der Waals surface area contributed by atoms with Crippen LogP contribution >= 0.6 is 0 Å². The van der Waals surface area contributed by atoms with Crippen molar-refractivity contribution in [2.45, 2.75) is 40.0 Å². The molecule has 1 aliphatic heterocycles. The van der Waals surface area contributed by atoms with Gasteiger partial charge in [0.2, 0.25) is 0 Å². The first-order valence-corrected chi connectivity index (χ1v) is 7.31. The van der Waals surface area contributed by atoms with E-state index in [1.807, 2.05) is 6.92 Å². The minimum Gasteiger partial charge on any atom is -0.459 e. The van der Waals surface area contributed by atoms with Crippen LogP contribution in [-0.2, 0) is 9.53 Å². The number of hydrogen-bond donors (Lipinski definition) is 1. The van der Waals surface area contributed by atoms with Gasteiger partial charge in [0.25, 0.3) is 5.69 Å². The van der Waals surface area contributed by atoms with Crippen molar-refractivity contribution >= 4 is 23.1 Å². The zero-order chi connectivity index (χ0) is 17.1. The minimum absolute atomic E-state index is 0.0771. The number of nitro groups is 1. The summed E-state index contributed by atoms with van der Waals surface area (Å²) in [5, 5.41) is 14.3. The predicted octanol–water partition coefficient (Wildman–Crippen LogP) is 2.67. The van der Waals surface area contributed by atoms with E-state index in [9.17, 15) is 14.9 Å². The van der Waals surface area contributed by atoms with Gasteiger partial charge in [-0.15, -0.1) is 0 Å². The molecule has 0 bridgehead atoms. The van der Waals surface area contributed by atoms with Gasteiger partial charge in [0, 0.05) is 6.07 Å². The van der Waals surface area contributed by atoms with E-state index in [1.54, 1.807) is 39.0 Å². The van der Waals surface area contributed by atoms with Crippen molar-refractivity contribution in [1.82, 2.24) is 5.32 Å². The first kappa shape index (κ1) is 16.7. The molecule has 7 nitrogen and oxygen atoms in total. The molecule has 0 fully saturated rings. The fraction of sp³-hybridized carbons (Fsp3) is 0.375. The lowest BCUT2D eigenvalue weighted by Gasteiger charge is -2.25. The van der Waals surface area contributed by atoms with Crippen LogP contribution < -0.4 is 5.32 Å². The van der Waals surface area contributed by atoms with Crippen molar-refractivity contribution in [2.75, 3.05) is 0 Å². The molecule has 1 N–H and O–H groups in total. The lowest BCUT2D eigenvalue weighted by molar-refractivity contribution is -0.385. The molecule has 2 rings (SSSR count). The van der Waals surface area contributed by atoms with Gasteiger partial charge in [-0.2, -0.15) is 0 Å². The Labute approximate surface area is 134 Å². The second kappa shape index (κ2) is 6.60. The Hall–Kier alpha value is -2.70. The third-order valence-corrected chi connectivity index (χ3v) is 3.27. The topological polar surface area (TPSA) is 93.8 Å². The van der Waals surface area contributed by atoms with Crippen molar-refractivity contribution < 1.29 is 14.5 Å². The van der Waals surface area contributed by atoms with E-state index in [-0.39, 0.29) is 23.5 Å². The molecule has 7 heteroatoms. The molecule has 1 aromatic carbocycles. The Morgan fingerprint density at radius 1 is 1.39 bits per heavy atom. The maximum Gasteiger partial charge on any atom is 0.342 e. The average molecular weight is 317 g/mol. The SMILES string of the molecule is CC1=NC(C)NC(c2ccccc2[N+](=O)[O-])=C1C(=O)OC(C)C. The van der Waals surface area contributed by atoms with Gasteiger partial charge in [-0.1, -0.05) is 12.1 Å². The molecule has 0 amide bonds. The number of aliphatic imine (C=N–C) groups is 1. The van der Waals surface area contributed by atoms with Crippen molar-refractivity contribution in [3.05, 3.63) is 45.5 Å². The summed E-state index contributed by atoms with van der Waals surface area (Å²) >= 11 is 0. The number of rotatable bonds is 4. The molecule has 1 heterocycles. The molecule has 1 atom stereocenters. The second-order valence-electron chi connectivity index (χ2n) is 5.51. The van der Waals surface area contributed by atoms with E-state index >= 15 is 0 Å². The summed E-state index contributed by atoms with van der Waals surface area (Å²) in [5.74, 6) is -0.547. The molecule has 0 aliphatic carbocycles. The molecular weight excluding hydrogens is 298 g/mol. The predicted molar refractivity (Wildman–Crippen MR) is 87.0 cm³/mol. The van der Waals surface area contributed by atoms with Gasteiger partial charge in [-0.25, -0.2) is 4.79 Å². The van der Waals surface area contributed by atoms with Crippen LogP contribution in [0.5, 0.6) is 0 Å². The van der Waals surface area contributed by atoms with E-state index in [2.05, 4.69) is 10.3 Å². The monoisotopic (exact) mass is 317 g/mol. The maximum atomic E-state index is 12.4. The lowest BCUT2D eigenvalue weighted by Crippen LogP contribution is -2.34. The number of nitrogens with zero attached hydrogens (tertiary/aromatic N) is 2. The number of ether oxygens (including phenoxy) is 1. The molecule has 0 spiro atoms. The zero-order valence-electron chi connectivity index (χ0n) is 13.5. The average Bonchev–Trinajstić information content (AvgIpc) is 2.45. The van der Waals surface area contributed by atoms with E-state index in [0.29, 0.717) is 17.0 Å². The van der Waals surface area contributed by atoms with Gasteiger partial charge in [-0.05, 0) is 33.8 Å². The van der Waals surface area contributed by atoms with Crippen molar-refractivity contribution in [3.8, 4) is 0 Å². The smallest absolute Gasteiger partial charge is 0.342 e. The summed E-state index contributed by atoms with van der Waals surface area (Å²) in [6.07, 6.45) is -0.588. The van der Waals surface area contributed by atoms with Crippen LogP contribution in [-0.4, -0.2) is 28.9 Å². The molecule has 0 aromatic heterocycles. The van der Waals surface area contributed by atoms with Crippen LogP contribution in [0, 0.1) is 10.1 Å². The van der Waals surface area contributed by atoms with Crippen LogP contribution in [0.4, 0.5) is 5.69 Å². The third-order valence-electron chi connectivity index (χ3n) is 3.27. The van der Waals surface area contributed by atoms with Crippen molar-refractivity contribution in [2.24, 2.45) is 4.99 Å². The normalized spacial score (nSPS) is 17.6. The van der Waals surface area contributed by atoms with Crippen molar-refractivity contribution in [3.63, 3.8) is 0 Å². The third kappa shape index (κ3) is 3.56. The minimum atomic E-state index is -0.547. The quantitative estimate of drug-likeness (QED) is 0.523.